The number of carbonyl (C=O) groups excluding carboxylic acids is 1. The van der Waals surface area contributed by atoms with Gasteiger partial charge in [-0.05, 0) is 29.8 Å². The number of nitrogens with one attached hydrogen (secondary N) is 2. The van der Waals surface area contributed by atoms with Gasteiger partial charge in [-0.15, -0.1) is 0 Å². The zero-order valence-electron chi connectivity index (χ0n) is 11.2. The van der Waals surface area contributed by atoms with Gasteiger partial charge >= 0.3 is 0 Å². The number of hydrogen-bond donors (Lipinski definition) is 3. The molecule has 0 spiro atoms. The van der Waals surface area contributed by atoms with Gasteiger partial charge in [-0.3, -0.25) is 9.59 Å². The van der Waals surface area contributed by atoms with Crippen LogP contribution in [0.3, 0.4) is 0 Å². The predicted molar refractivity (Wildman–Crippen MR) is 78.6 cm³/mol. The topological polar surface area (TPSA) is 82.2 Å². The van der Waals surface area contributed by atoms with Crippen LogP contribution in [0.2, 0.25) is 0 Å². The third-order valence-electron chi connectivity index (χ3n) is 2.75. The SMILES string of the molecule is O=C(NCc1cccc(C#CCO)c1)c1ccc[nH]c1=O. The molecule has 0 saturated heterocycles. The number of amides is 1. The Bertz CT molecular complexity index is 754. The summed E-state index contributed by atoms with van der Waals surface area (Å²) in [7, 11) is 0. The fourth-order valence-electron chi connectivity index (χ4n) is 1.78. The summed E-state index contributed by atoms with van der Waals surface area (Å²) in [5, 5.41) is 11.3. The Morgan fingerprint density at radius 1 is 1.29 bits per heavy atom. The second kappa shape index (κ2) is 7.08. The van der Waals surface area contributed by atoms with Gasteiger partial charge in [0.2, 0.25) is 0 Å². The van der Waals surface area contributed by atoms with Crippen molar-refractivity contribution in [3.8, 4) is 11.8 Å². The van der Waals surface area contributed by atoms with Crippen LogP contribution in [-0.2, 0) is 6.54 Å². The lowest BCUT2D eigenvalue weighted by Gasteiger charge is -2.05. The second-order valence-corrected chi connectivity index (χ2v) is 4.26. The molecule has 0 saturated carbocycles. The molecular formula is C16H14N2O3. The van der Waals surface area contributed by atoms with Gasteiger partial charge in [-0.2, -0.15) is 0 Å². The molecule has 0 unspecified atom stereocenters. The monoisotopic (exact) mass is 282 g/mol. The van der Waals surface area contributed by atoms with Gasteiger partial charge in [0.1, 0.15) is 12.2 Å². The van der Waals surface area contributed by atoms with E-state index in [1.54, 1.807) is 6.07 Å². The van der Waals surface area contributed by atoms with E-state index in [2.05, 4.69) is 22.1 Å². The maximum Gasteiger partial charge on any atom is 0.260 e. The van der Waals surface area contributed by atoms with Crippen molar-refractivity contribution in [3.63, 3.8) is 0 Å². The van der Waals surface area contributed by atoms with Crippen LogP contribution in [0.1, 0.15) is 21.5 Å². The Kier molecular flexibility index (Phi) is 4.91. The number of carbonyl (C=O) groups is 1. The highest BCUT2D eigenvalue weighted by Gasteiger charge is 2.08. The molecule has 0 aliphatic carbocycles. The van der Waals surface area contributed by atoms with E-state index in [0.29, 0.717) is 6.54 Å². The Balaban J connectivity index is 2.05. The summed E-state index contributed by atoms with van der Waals surface area (Å²) in [6, 6.07) is 10.4. The van der Waals surface area contributed by atoms with Crippen molar-refractivity contribution in [1.29, 1.82) is 0 Å². The van der Waals surface area contributed by atoms with E-state index < -0.39 is 11.5 Å². The van der Waals surface area contributed by atoms with Crippen molar-refractivity contribution in [2.75, 3.05) is 6.61 Å². The zero-order chi connectivity index (χ0) is 15.1. The quantitative estimate of drug-likeness (QED) is 0.723. The van der Waals surface area contributed by atoms with Crippen LogP contribution in [0, 0.1) is 11.8 Å². The van der Waals surface area contributed by atoms with Crippen LogP contribution in [0.15, 0.2) is 47.4 Å². The summed E-state index contributed by atoms with van der Waals surface area (Å²) >= 11 is 0. The molecule has 0 bridgehead atoms. The lowest BCUT2D eigenvalue weighted by Crippen LogP contribution is -2.28. The highest BCUT2D eigenvalue weighted by Crippen LogP contribution is 2.04. The Hall–Kier alpha value is -2.84. The Morgan fingerprint density at radius 2 is 2.14 bits per heavy atom. The summed E-state index contributed by atoms with van der Waals surface area (Å²) < 4.78 is 0. The number of benzene rings is 1. The van der Waals surface area contributed by atoms with Crippen LogP contribution in [0.25, 0.3) is 0 Å². The standard InChI is InChI=1S/C16H14N2O3/c19-9-3-6-12-4-1-5-13(10-12)11-18-16(21)14-7-2-8-17-15(14)20/h1-2,4-5,7-8,10,19H,9,11H2,(H,17,20)(H,18,21). The van der Waals surface area contributed by atoms with Crippen molar-refractivity contribution in [1.82, 2.24) is 10.3 Å². The van der Waals surface area contributed by atoms with Gasteiger partial charge in [-0.1, -0.05) is 24.0 Å². The van der Waals surface area contributed by atoms with Crippen molar-refractivity contribution >= 4 is 5.91 Å². The van der Waals surface area contributed by atoms with E-state index in [4.69, 9.17) is 5.11 Å². The summed E-state index contributed by atoms with van der Waals surface area (Å²) in [6.45, 7) is 0.0968. The van der Waals surface area contributed by atoms with Gasteiger partial charge in [0, 0.05) is 18.3 Å². The van der Waals surface area contributed by atoms with E-state index in [1.807, 2.05) is 24.3 Å². The smallest absolute Gasteiger partial charge is 0.260 e. The molecule has 3 N–H and O–H groups in total. The highest BCUT2D eigenvalue weighted by molar-refractivity contribution is 5.93. The normalized spacial score (nSPS) is 9.57. The lowest BCUT2D eigenvalue weighted by atomic mass is 10.1. The van der Waals surface area contributed by atoms with Gasteiger partial charge in [0.15, 0.2) is 0 Å². The lowest BCUT2D eigenvalue weighted by molar-refractivity contribution is 0.0949. The fraction of sp³-hybridized carbons (Fsp3) is 0.125. The molecule has 5 heteroatoms. The first-order chi connectivity index (χ1) is 10.2. The molecule has 2 aromatic rings. The molecule has 106 valence electrons. The number of aromatic nitrogens is 1. The molecule has 21 heavy (non-hydrogen) atoms. The first-order valence-electron chi connectivity index (χ1n) is 6.35. The maximum absolute atomic E-state index is 11.9. The molecule has 1 aromatic heterocycles. The molecule has 5 nitrogen and oxygen atoms in total. The molecule has 0 aliphatic heterocycles. The Morgan fingerprint density at radius 3 is 2.90 bits per heavy atom. The van der Waals surface area contributed by atoms with Gasteiger partial charge in [0.25, 0.3) is 11.5 Å². The van der Waals surface area contributed by atoms with Crippen LogP contribution in [-0.4, -0.2) is 22.6 Å². The average Bonchev–Trinajstić information content (AvgIpc) is 2.51. The number of pyridine rings is 1. The number of H-pyrrole nitrogens is 1. The van der Waals surface area contributed by atoms with E-state index in [-0.39, 0.29) is 12.2 Å². The maximum atomic E-state index is 11.9. The molecule has 1 amide bonds. The summed E-state index contributed by atoms with van der Waals surface area (Å²) in [5.41, 5.74) is 1.28. The molecule has 2 rings (SSSR count). The zero-order valence-corrected chi connectivity index (χ0v) is 11.2. The molecule has 1 aromatic carbocycles. The molecule has 0 fully saturated rings. The Labute approximate surface area is 121 Å². The van der Waals surface area contributed by atoms with Crippen LogP contribution in [0.5, 0.6) is 0 Å². The number of hydrogen-bond acceptors (Lipinski definition) is 3. The third-order valence-corrected chi connectivity index (χ3v) is 2.75. The minimum absolute atomic E-state index is 0.0775. The van der Waals surface area contributed by atoms with E-state index in [9.17, 15) is 9.59 Å². The van der Waals surface area contributed by atoms with Crippen molar-refractivity contribution in [3.05, 3.63) is 69.6 Å². The number of aromatic amines is 1. The largest absolute Gasteiger partial charge is 0.384 e. The molecule has 0 atom stereocenters. The summed E-state index contributed by atoms with van der Waals surface area (Å²) in [5.74, 6) is 4.93. The average molecular weight is 282 g/mol. The third kappa shape index (κ3) is 4.06. The summed E-state index contributed by atoms with van der Waals surface area (Å²) in [6.07, 6.45) is 1.47. The fourth-order valence-corrected chi connectivity index (χ4v) is 1.78. The van der Waals surface area contributed by atoms with Crippen LogP contribution in [0.4, 0.5) is 0 Å². The van der Waals surface area contributed by atoms with Crippen LogP contribution >= 0.6 is 0 Å². The second-order valence-electron chi connectivity index (χ2n) is 4.26. The van der Waals surface area contributed by atoms with Gasteiger partial charge in [0.05, 0.1) is 0 Å². The van der Waals surface area contributed by atoms with Crippen molar-refractivity contribution < 1.29 is 9.90 Å². The van der Waals surface area contributed by atoms with Crippen molar-refractivity contribution in [2.24, 2.45) is 0 Å². The van der Waals surface area contributed by atoms with E-state index >= 15 is 0 Å². The number of aliphatic hydroxyl groups is 1. The van der Waals surface area contributed by atoms with E-state index in [0.717, 1.165) is 11.1 Å². The van der Waals surface area contributed by atoms with Gasteiger partial charge in [-0.25, -0.2) is 0 Å². The number of rotatable bonds is 3. The first kappa shape index (κ1) is 14.6. The molecule has 0 aliphatic rings. The van der Waals surface area contributed by atoms with E-state index in [1.165, 1.54) is 12.3 Å². The van der Waals surface area contributed by atoms with Crippen molar-refractivity contribution in [2.45, 2.75) is 6.54 Å². The minimum Gasteiger partial charge on any atom is -0.384 e. The first-order valence-corrected chi connectivity index (χ1v) is 6.35. The van der Waals surface area contributed by atoms with Gasteiger partial charge < -0.3 is 15.4 Å². The summed E-state index contributed by atoms with van der Waals surface area (Å²) in [4.78, 5) is 25.8. The van der Waals surface area contributed by atoms with Crippen LogP contribution < -0.4 is 10.9 Å². The number of aliphatic hydroxyl groups excluding tert-OH is 1. The molecular weight excluding hydrogens is 268 g/mol. The molecule has 1 heterocycles. The predicted octanol–water partition coefficient (Wildman–Crippen LogP) is 0.649. The molecule has 0 radical (unpaired) electrons. The highest BCUT2D eigenvalue weighted by atomic mass is 16.2. The minimum atomic E-state index is -0.427.